The molecule has 0 saturated heterocycles. The fourth-order valence-electron chi connectivity index (χ4n) is 2.76. The van der Waals surface area contributed by atoms with Crippen LogP contribution in [0.5, 0.6) is 0 Å². The number of pyridine rings is 1. The number of hydrogen-bond donors (Lipinski definition) is 1. The number of nitrogens with zero attached hydrogens (tertiary/aromatic N) is 1. The lowest BCUT2D eigenvalue weighted by molar-refractivity contribution is 0.615. The van der Waals surface area contributed by atoms with Crippen molar-refractivity contribution in [2.45, 2.75) is 13.0 Å². The van der Waals surface area contributed by atoms with Crippen LogP contribution in [0.3, 0.4) is 0 Å². The van der Waals surface area contributed by atoms with Crippen molar-refractivity contribution in [2.75, 3.05) is 7.05 Å². The Hall–Kier alpha value is -2.26. The van der Waals surface area contributed by atoms with E-state index in [1.165, 1.54) is 6.07 Å². The highest BCUT2D eigenvalue weighted by atomic mass is 19.1. The molecule has 3 rings (SSSR count). The Kier molecular flexibility index (Phi) is 3.67. The van der Waals surface area contributed by atoms with Crippen LogP contribution in [0.4, 0.5) is 4.39 Å². The Morgan fingerprint density at radius 2 is 1.86 bits per heavy atom. The molecule has 2 aromatic carbocycles. The molecule has 0 aliphatic rings. The van der Waals surface area contributed by atoms with Gasteiger partial charge in [0.25, 0.3) is 0 Å². The van der Waals surface area contributed by atoms with Crippen LogP contribution in [0.1, 0.15) is 22.7 Å². The fraction of sp³-hybridized carbons (Fsp3) is 0.167. The average molecular weight is 280 g/mol. The Morgan fingerprint density at radius 1 is 1.05 bits per heavy atom. The number of para-hydroxylation sites is 1. The Labute approximate surface area is 123 Å². The summed E-state index contributed by atoms with van der Waals surface area (Å²) in [6.45, 7) is 2.00. The summed E-state index contributed by atoms with van der Waals surface area (Å²) >= 11 is 0. The van der Waals surface area contributed by atoms with Gasteiger partial charge in [0.2, 0.25) is 0 Å². The summed E-state index contributed by atoms with van der Waals surface area (Å²) < 4.78 is 13.6. The summed E-state index contributed by atoms with van der Waals surface area (Å²) in [5, 5.41) is 4.38. The molecule has 1 aromatic heterocycles. The first-order valence-corrected chi connectivity index (χ1v) is 6.97. The molecule has 3 heteroatoms. The molecular weight excluding hydrogens is 263 g/mol. The van der Waals surface area contributed by atoms with E-state index >= 15 is 0 Å². The summed E-state index contributed by atoms with van der Waals surface area (Å²) in [7, 11) is 1.89. The van der Waals surface area contributed by atoms with Gasteiger partial charge in [-0.1, -0.05) is 30.3 Å². The molecule has 3 aromatic rings. The van der Waals surface area contributed by atoms with Gasteiger partial charge >= 0.3 is 0 Å². The number of halogens is 1. The molecule has 1 atom stereocenters. The molecule has 0 radical (unpaired) electrons. The zero-order valence-electron chi connectivity index (χ0n) is 12.1. The molecular formula is C18H17FN2. The van der Waals surface area contributed by atoms with E-state index in [1.807, 2.05) is 50.4 Å². The van der Waals surface area contributed by atoms with Gasteiger partial charge in [-0.15, -0.1) is 0 Å². The second kappa shape index (κ2) is 5.62. The first-order chi connectivity index (χ1) is 10.2. The predicted octanol–water partition coefficient (Wildman–Crippen LogP) is 3.99. The zero-order chi connectivity index (χ0) is 14.8. The minimum Gasteiger partial charge on any atom is -0.309 e. The van der Waals surface area contributed by atoms with Gasteiger partial charge in [0.1, 0.15) is 5.82 Å². The summed E-state index contributed by atoms with van der Waals surface area (Å²) in [6.07, 6.45) is 1.79. The maximum Gasteiger partial charge on any atom is 0.123 e. The molecule has 1 unspecified atom stereocenters. The van der Waals surface area contributed by atoms with Crippen LogP contribution >= 0.6 is 0 Å². The van der Waals surface area contributed by atoms with Crippen molar-refractivity contribution in [3.63, 3.8) is 0 Å². The number of rotatable bonds is 3. The monoisotopic (exact) mass is 280 g/mol. The molecule has 106 valence electrons. The summed E-state index contributed by atoms with van der Waals surface area (Å²) in [5.74, 6) is -0.218. The SMILES string of the molecule is CNC(c1cc(F)ccc1C)c1cccc2cccnc12. The molecule has 0 saturated carbocycles. The first kappa shape index (κ1) is 13.7. The molecule has 21 heavy (non-hydrogen) atoms. The van der Waals surface area contributed by atoms with E-state index in [9.17, 15) is 4.39 Å². The van der Waals surface area contributed by atoms with E-state index in [-0.39, 0.29) is 11.9 Å². The molecule has 0 aliphatic carbocycles. The molecule has 0 amide bonds. The third kappa shape index (κ3) is 2.52. The van der Waals surface area contributed by atoms with Crippen LogP contribution in [0.15, 0.2) is 54.7 Å². The lowest BCUT2D eigenvalue weighted by Crippen LogP contribution is -2.19. The van der Waals surface area contributed by atoms with E-state index in [2.05, 4.69) is 10.3 Å². The van der Waals surface area contributed by atoms with E-state index < -0.39 is 0 Å². The van der Waals surface area contributed by atoms with Crippen LogP contribution < -0.4 is 5.32 Å². The van der Waals surface area contributed by atoms with Gasteiger partial charge in [-0.3, -0.25) is 4.98 Å². The molecule has 0 spiro atoms. The van der Waals surface area contributed by atoms with Crippen molar-refractivity contribution in [1.29, 1.82) is 0 Å². The van der Waals surface area contributed by atoms with Gasteiger partial charge in [0.05, 0.1) is 11.6 Å². The Balaban J connectivity index is 2.21. The Bertz CT molecular complexity index is 778. The number of hydrogen-bond acceptors (Lipinski definition) is 2. The van der Waals surface area contributed by atoms with Crippen LogP contribution in [0.25, 0.3) is 10.9 Å². The van der Waals surface area contributed by atoms with Crippen molar-refractivity contribution < 1.29 is 4.39 Å². The van der Waals surface area contributed by atoms with Crippen molar-refractivity contribution in [3.05, 3.63) is 77.2 Å². The minimum absolute atomic E-state index is 0.0840. The van der Waals surface area contributed by atoms with Gasteiger partial charge in [0, 0.05) is 11.6 Å². The number of aryl methyl sites for hydroxylation is 1. The maximum atomic E-state index is 13.6. The van der Waals surface area contributed by atoms with Crippen molar-refractivity contribution in [3.8, 4) is 0 Å². The smallest absolute Gasteiger partial charge is 0.123 e. The van der Waals surface area contributed by atoms with Gasteiger partial charge < -0.3 is 5.32 Å². The van der Waals surface area contributed by atoms with E-state index in [0.717, 1.165) is 27.6 Å². The maximum absolute atomic E-state index is 13.6. The van der Waals surface area contributed by atoms with Gasteiger partial charge in [-0.2, -0.15) is 0 Å². The summed E-state index contributed by atoms with van der Waals surface area (Å²) in [5.41, 5.74) is 4.01. The van der Waals surface area contributed by atoms with E-state index in [0.29, 0.717) is 0 Å². The zero-order valence-corrected chi connectivity index (χ0v) is 12.1. The number of aromatic nitrogens is 1. The first-order valence-electron chi connectivity index (χ1n) is 6.97. The molecule has 1 heterocycles. The lowest BCUT2D eigenvalue weighted by atomic mass is 9.93. The van der Waals surface area contributed by atoms with E-state index in [1.54, 1.807) is 12.3 Å². The van der Waals surface area contributed by atoms with Crippen LogP contribution in [-0.2, 0) is 0 Å². The normalized spacial score (nSPS) is 12.5. The second-order valence-electron chi connectivity index (χ2n) is 5.14. The molecule has 0 aliphatic heterocycles. The third-order valence-corrected chi connectivity index (χ3v) is 3.82. The van der Waals surface area contributed by atoms with Gasteiger partial charge in [-0.25, -0.2) is 4.39 Å². The summed E-state index contributed by atoms with van der Waals surface area (Å²) in [6, 6.07) is 14.9. The van der Waals surface area contributed by atoms with Crippen LogP contribution in [-0.4, -0.2) is 12.0 Å². The number of fused-ring (bicyclic) bond motifs is 1. The molecule has 0 bridgehead atoms. The lowest BCUT2D eigenvalue weighted by Gasteiger charge is -2.20. The molecule has 1 N–H and O–H groups in total. The standard InChI is InChI=1S/C18H17FN2/c1-12-8-9-14(19)11-16(12)18(20-2)15-7-3-5-13-6-4-10-21-17(13)15/h3-11,18,20H,1-2H3. The number of nitrogens with one attached hydrogen (secondary N) is 1. The highest BCUT2D eigenvalue weighted by Crippen LogP contribution is 2.29. The van der Waals surface area contributed by atoms with Crippen LogP contribution in [0.2, 0.25) is 0 Å². The van der Waals surface area contributed by atoms with Crippen LogP contribution in [0, 0.1) is 12.7 Å². The fourth-order valence-corrected chi connectivity index (χ4v) is 2.76. The minimum atomic E-state index is -0.218. The summed E-state index contributed by atoms with van der Waals surface area (Å²) in [4.78, 5) is 4.49. The largest absolute Gasteiger partial charge is 0.309 e. The second-order valence-corrected chi connectivity index (χ2v) is 5.14. The number of benzene rings is 2. The Morgan fingerprint density at radius 3 is 2.67 bits per heavy atom. The highest BCUT2D eigenvalue weighted by molar-refractivity contribution is 5.82. The molecule has 2 nitrogen and oxygen atoms in total. The topological polar surface area (TPSA) is 24.9 Å². The van der Waals surface area contributed by atoms with Crippen molar-refractivity contribution in [2.24, 2.45) is 0 Å². The van der Waals surface area contributed by atoms with Crippen molar-refractivity contribution in [1.82, 2.24) is 10.3 Å². The van der Waals surface area contributed by atoms with Crippen molar-refractivity contribution >= 4 is 10.9 Å². The highest BCUT2D eigenvalue weighted by Gasteiger charge is 2.17. The van der Waals surface area contributed by atoms with E-state index in [4.69, 9.17) is 0 Å². The third-order valence-electron chi connectivity index (χ3n) is 3.82. The molecule has 0 fully saturated rings. The van der Waals surface area contributed by atoms with Gasteiger partial charge in [0.15, 0.2) is 0 Å². The predicted molar refractivity (Wildman–Crippen MR) is 83.8 cm³/mol. The van der Waals surface area contributed by atoms with Gasteiger partial charge in [-0.05, 0) is 48.9 Å². The average Bonchev–Trinajstić information content (AvgIpc) is 2.51. The quantitative estimate of drug-likeness (QED) is 0.784.